The highest BCUT2D eigenvalue weighted by Gasteiger charge is 2.31. The number of halogens is 2. The molecule has 2 aromatic rings. The Morgan fingerprint density at radius 3 is 2.67 bits per heavy atom. The van der Waals surface area contributed by atoms with Crippen LogP contribution >= 0.6 is 58.5 Å². The van der Waals surface area contributed by atoms with Crippen molar-refractivity contribution in [2.75, 3.05) is 39.4 Å². The van der Waals surface area contributed by atoms with Crippen LogP contribution in [0, 0.1) is 0 Å². The Kier molecular flexibility index (Phi) is 7.52. The van der Waals surface area contributed by atoms with Crippen molar-refractivity contribution in [2.24, 2.45) is 0 Å². The number of amides is 1. The average Bonchev–Trinajstić information content (AvgIpc) is 3.31. The van der Waals surface area contributed by atoms with Crippen molar-refractivity contribution < 1.29 is 9.53 Å². The van der Waals surface area contributed by atoms with E-state index in [4.69, 9.17) is 40.2 Å². The number of morpholine rings is 1. The molecule has 3 heterocycles. The van der Waals surface area contributed by atoms with Crippen LogP contribution in [0.15, 0.2) is 34.6 Å². The van der Waals surface area contributed by atoms with Crippen LogP contribution in [0.2, 0.25) is 10.0 Å². The van der Waals surface area contributed by atoms with Crippen LogP contribution in [-0.4, -0.2) is 59.4 Å². The third-order valence-electron chi connectivity index (χ3n) is 4.98. The lowest BCUT2D eigenvalue weighted by molar-refractivity contribution is -0.122. The molecular formula is C21H20Cl2N2O2S3. The molecule has 4 nitrogen and oxygen atoms in total. The highest BCUT2D eigenvalue weighted by molar-refractivity contribution is 8.26. The van der Waals surface area contributed by atoms with Gasteiger partial charge >= 0.3 is 0 Å². The Morgan fingerprint density at radius 2 is 1.90 bits per heavy atom. The molecule has 1 amide bonds. The summed E-state index contributed by atoms with van der Waals surface area (Å²) < 4.78 is 6.01. The van der Waals surface area contributed by atoms with E-state index in [0.29, 0.717) is 25.8 Å². The van der Waals surface area contributed by atoms with Crippen LogP contribution in [0.25, 0.3) is 17.2 Å². The van der Waals surface area contributed by atoms with Gasteiger partial charge in [-0.15, -0.1) is 11.3 Å². The first-order valence-corrected chi connectivity index (χ1v) is 12.5. The van der Waals surface area contributed by atoms with Gasteiger partial charge in [0.1, 0.15) is 4.32 Å². The molecule has 0 saturated carbocycles. The van der Waals surface area contributed by atoms with E-state index in [1.165, 1.54) is 11.8 Å². The smallest absolute Gasteiger partial charge is 0.266 e. The Hall–Kier alpha value is -0.930. The van der Waals surface area contributed by atoms with E-state index in [1.54, 1.807) is 22.3 Å². The fourth-order valence-electron chi connectivity index (χ4n) is 3.35. The van der Waals surface area contributed by atoms with Gasteiger partial charge in [-0.1, -0.05) is 53.2 Å². The van der Waals surface area contributed by atoms with Gasteiger partial charge in [-0.3, -0.25) is 14.6 Å². The van der Waals surface area contributed by atoms with Gasteiger partial charge in [0.2, 0.25) is 0 Å². The number of nitrogens with zero attached hydrogens (tertiary/aromatic N) is 2. The number of thiophene rings is 1. The molecule has 4 rings (SSSR count). The van der Waals surface area contributed by atoms with Crippen LogP contribution < -0.4 is 0 Å². The zero-order valence-corrected chi connectivity index (χ0v) is 20.1. The summed E-state index contributed by atoms with van der Waals surface area (Å²) >= 11 is 20.6. The quantitative estimate of drug-likeness (QED) is 0.379. The minimum atomic E-state index is -0.00327. The molecule has 2 aliphatic heterocycles. The Bertz CT molecular complexity index is 986. The highest BCUT2D eigenvalue weighted by Crippen LogP contribution is 2.36. The lowest BCUT2D eigenvalue weighted by atomic mass is 10.1. The maximum atomic E-state index is 12.8. The number of benzene rings is 1. The Morgan fingerprint density at radius 1 is 1.10 bits per heavy atom. The van der Waals surface area contributed by atoms with Crippen molar-refractivity contribution >= 4 is 74.8 Å². The van der Waals surface area contributed by atoms with E-state index in [0.717, 1.165) is 55.3 Å². The van der Waals surface area contributed by atoms with Crippen LogP contribution in [0.3, 0.4) is 0 Å². The minimum Gasteiger partial charge on any atom is -0.379 e. The molecule has 0 spiro atoms. The second kappa shape index (κ2) is 10.1. The van der Waals surface area contributed by atoms with E-state index < -0.39 is 0 Å². The highest BCUT2D eigenvalue weighted by atomic mass is 35.5. The zero-order valence-electron chi connectivity index (χ0n) is 16.1. The fraction of sp³-hybridized carbons (Fsp3) is 0.333. The van der Waals surface area contributed by atoms with E-state index in [2.05, 4.69) is 16.3 Å². The second-order valence-electron chi connectivity index (χ2n) is 7.01. The molecule has 2 fully saturated rings. The summed E-state index contributed by atoms with van der Waals surface area (Å²) in [6.07, 6.45) is 2.83. The summed E-state index contributed by atoms with van der Waals surface area (Å²) in [5, 5.41) is 3.11. The van der Waals surface area contributed by atoms with Crippen molar-refractivity contribution in [3.05, 3.63) is 49.5 Å². The maximum Gasteiger partial charge on any atom is 0.266 e. The molecule has 1 aromatic carbocycles. The number of ether oxygens (including phenoxy) is 1. The van der Waals surface area contributed by atoms with Crippen molar-refractivity contribution in [1.82, 2.24) is 9.80 Å². The van der Waals surface area contributed by atoms with Gasteiger partial charge < -0.3 is 4.74 Å². The van der Waals surface area contributed by atoms with Crippen molar-refractivity contribution in [2.45, 2.75) is 6.42 Å². The molecule has 0 atom stereocenters. The second-order valence-corrected chi connectivity index (χ2v) is 10.4. The predicted molar refractivity (Wildman–Crippen MR) is 132 cm³/mol. The van der Waals surface area contributed by atoms with Crippen molar-refractivity contribution in [3.8, 4) is 11.1 Å². The lowest BCUT2D eigenvalue weighted by Crippen LogP contribution is -2.38. The number of hydrogen-bond donors (Lipinski definition) is 0. The van der Waals surface area contributed by atoms with Gasteiger partial charge in [-0.25, -0.2) is 0 Å². The molecule has 158 valence electrons. The third kappa shape index (κ3) is 5.27. The first-order chi connectivity index (χ1) is 14.5. The lowest BCUT2D eigenvalue weighted by Gasteiger charge is -2.27. The normalized spacial score (nSPS) is 19.3. The first kappa shape index (κ1) is 22.3. The van der Waals surface area contributed by atoms with Crippen LogP contribution in [0.4, 0.5) is 0 Å². The monoisotopic (exact) mass is 498 g/mol. The molecule has 2 aliphatic rings. The summed E-state index contributed by atoms with van der Waals surface area (Å²) in [4.78, 5) is 18.6. The Labute approximate surface area is 199 Å². The van der Waals surface area contributed by atoms with Gasteiger partial charge in [0, 0.05) is 31.1 Å². The van der Waals surface area contributed by atoms with Gasteiger partial charge in [-0.05, 0) is 47.2 Å². The van der Waals surface area contributed by atoms with Crippen LogP contribution in [0.5, 0.6) is 0 Å². The number of carbonyl (C=O) groups excluding carboxylic acids is 1. The first-order valence-electron chi connectivity index (χ1n) is 9.61. The number of thioether (sulfide) groups is 1. The number of hydrogen-bond acceptors (Lipinski definition) is 6. The minimum absolute atomic E-state index is 0.00327. The molecular weight excluding hydrogens is 479 g/mol. The predicted octanol–water partition coefficient (Wildman–Crippen LogP) is 5.65. The molecule has 0 unspecified atom stereocenters. The van der Waals surface area contributed by atoms with Gasteiger partial charge in [0.05, 0.1) is 28.2 Å². The molecule has 30 heavy (non-hydrogen) atoms. The molecule has 0 radical (unpaired) electrons. The number of rotatable bonds is 6. The SMILES string of the molecule is O=C1/C(=C/c2cc(-c3ccc(Cl)c(Cl)c3)cs2)SC(=S)N1CCCN1CCOCC1. The van der Waals surface area contributed by atoms with Crippen LogP contribution in [-0.2, 0) is 9.53 Å². The van der Waals surface area contributed by atoms with Gasteiger partial charge in [-0.2, -0.15) is 0 Å². The standard InChI is InChI=1S/C21H20Cl2N2O2S3/c22-17-3-2-14(11-18(17)23)15-10-16(29-13-15)12-19-20(26)25(21(28)30-19)5-1-4-24-6-8-27-9-7-24/h2-3,10-13H,1,4-9H2/b19-12-. The topological polar surface area (TPSA) is 32.8 Å². The van der Waals surface area contributed by atoms with Crippen molar-refractivity contribution in [3.63, 3.8) is 0 Å². The summed E-state index contributed by atoms with van der Waals surface area (Å²) in [6.45, 7) is 5.09. The zero-order chi connectivity index (χ0) is 21.1. The van der Waals surface area contributed by atoms with E-state index >= 15 is 0 Å². The summed E-state index contributed by atoms with van der Waals surface area (Å²) in [5.41, 5.74) is 2.04. The van der Waals surface area contributed by atoms with E-state index in [-0.39, 0.29) is 5.91 Å². The average molecular weight is 500 g/mol. The molecule has 0 bridgehead atoms. The number of carbonyl (C=O) groups is 1. The molecule has 0 N–H and O–H groups in total. The maximum absolute atomic E-state index is 12.8. The summed E-state index contributed by atoms with van der Waals surface area (Å²) in [7, 11) is 0. The van der Waals surface area contributed by atoms with Crippen LogP contribution in [0.1, 0.15) is 11.3 Å². The summed E-state index contributed by atoms with van der Waals surface area (Å²) in [6, 6.07) is 7.63. The van der Waals surface area contributed by atoms with E-state index in [1.807, 2.05) is 18.2 Å². The van der Waals surface area contributed by atoms with Crippen molar-refractivity contribution in [1.29, 1.82) is 0 Å². The summed E-state index contributed by atoms with van der Waals surface area (Å²) in [5.74, 6) is -0.00327. The number of thiocarbonyl (C=S) groups is 1. The molecule has 1 aromatic heterocycles. The fourth-order valence-corrected chi connectivity index (χ4v) is 5.87. The molecule has 0 aliphatic carbocycles. The largest absolute Gasteiger partial charge is 0.379 e. The third-order valence-corrected chi connectivity index (χ3v) is 7.98. The molecule has 2 saturated heterocycles. The van der Waals surface area contributed by atoms with E-state index in [9.17, 15) is 4.79 Å². The molecule has 9 heteroatoms. The Balaban J connectivity index is 1.39. The van der Waals surface area contributed by atoms with Gasteiger partial charge in [0.25, 0.3) is 5.91 Å². The van der Waals surface area contributed by atoms with Gasteiger partial charge in [0.15, 0.2) is 0 Å².